The first-order chi connectivity index (χ1) is 16.1. The zero-order chi connectivity index (χ0) is 25.3. The van der Waals surface area contributed by atoms with Crippen molar-refractivity contribution in [2.75, 3.05) is 33.9 Å². The normalized spacial score (nSPS) is 11.4. The molecule has 2 aromatic rings. The molecule has 0 bridgehead atoms. The number of carbonyl (C=O) groups excluding carboxylic acids is 2. The van der Waals surface area contributed by atoms with Gasteiger partial charge in [-0.3, -0.25) is 9.59 Å². The molecule has 0 spiro atoms. The lowest BCUT2D eigenvalue weighted by molar-refractivity contribution is -0.131. The number of nitrogens with zero attached hydrogens (tertiary/aromatic N) is 2. The quantitative estimate of drug-likeness (QED) is 0.397. The number of hydrogen-bond donors (Lipinski definition) is 0. The van der Waals surface area contributed by atoms with Crippen molar-refractivity contribution in [1.82, 2.24) is 9.21 Å². The highest BCUT2D eigenvalue weighted by Crippen LogP contribution is 2.28. The van der Waals surface area contributed by atoms with Crippen LogP contribution in [0.15, 0.2) is 47.4 Å². The third kappa shape index (κ3) is 7.04. The minimum Gasteiger partial charge on any atom is -0.493 e. The number of benzene rings is 2. The summed E-state index contributed by atoms with van der Waals surface area (Å²) in [6.07, 6.45) is 0.619. The highest BCUT2D eigenvalue weighted by Gasteiger charge is 2.21. The minimum absolute atomic E-state index is 0.0491. The molecule has 186 valence electrons. The highest BCUT2D eigenvalue weighted by atomic mass is 32.2. The summed E-state index contributed by atoms with van der Waals surface area (Å²) in [6.45, 7) is 6.93. The molecule has 0 unspecified atom stereocenters. The van der Waals surface area contributed by atoms with Gasteiger partial charge in [0.25, 0.3) is 0 Å². The van der Waals surface area contributed by atoms with E-state index in [2.05, 4.69) is 0 Å². The van der Waals surface area contributed by atoms with Crippen LogP contribution in [0.1, 0.15) is 49.5 Å². The smallest absolute Gasteiger partial charge is 0.242 e. The molecule has 0 saturated heterocycles. The second-order valence-corrected chi connectivity index (χ2v) is 9.88. The van der Waals surface area contributed by atoms with Crippen LogP contribution in [-0.2, 0) is 21.4 Å². The molecule has 34 heavy (non-hydrogen) atoms. The van der Waals surface area contributed by atoms with Crippen LogP contribution < -0.4 is 9.47 Å². The van der Waals surface area contributed by atoms with E-state index >= 15 is 0 Å². The molecular formula is C25H34N2O6S. The fraction of sp³-hybridized carbons (Fsp3) is 0.440. The molecule has 0 heterocycles. The first-order valence-electron chi connectivity index (χ1n) is 11.3. The molecule has 0 atom stereocenters. The van der Waals surface area contributed by atoms with Gasteiger partial charge in [0.05, 0.1) is 18.6 Å². The van der Waals surface area contributed by atoms with E-state index < -0.39 is 10.0 Å². The van der Waals surface area contributed by atoms with Crippen LogP contribution in [-0.4, -0.2) is 63.2 Å². The van der Waals surface area contributed by atoms with Crippen molar-refractivity contribution < 1.29 is 27.5 Å². The Bertz CT molecular complexity index is 1080. The summed E-state index contributed by atoms with van der Waals surface area (Å²) in [5.41, 5.74) is 1.38. The van der Waals surface area contributed by atoms with Crippen LogP contribution in [0.3, 0.4) is 0 Å². The molecule has 0 aliphatic heterocycles. The Morgan fingerprint density at radius 2 is 1.68 bits per heavy atom. The van der Waals surface area contributed by atoms with Gasteiger partial charge in [-0.05, 0) is 57.0 Å². The van der Waals surface area contributed by atoms with Gasteiger partial charge >= 0.3 is 0 Å². The van der Waals surface area contributed by atoms with Crippen LogP contribution in [0.25, 0.3) is 0 Å². The Kier molecular flexibility index (Phi) is 10.1. The lowest BCUT2D eigenvalue weighted by Gasteiger charge is -2.23. The van der Waals surface area contributed by atoms with Crippen LogP contribution in [0, 0.1) is 0 Å². The lowest BCUT2D eigenvalue weighted by Crippen LogP contribution is -2.32. The van der Waals surface area contributed by atoms with E-state index in [9.17, 15) is 18.0 Å². The fourth-order valence-corrected chi connectivity index (χ4v) is 4.66. The van der Waals surface area contributed by atoms with Crippen molar-refractivity contribution in [3.63, 3.8) is 0 Å². The Labute approximate surface area is 202 Å². The molecule has 0 radical (unpaired) electrons. The molecule has 0 saturated carbocycles. The zero-order valence-corrected chi connectivity index (χ0v) is 21.4. The first kappa shape index (κ1) is 27.3. The average Bonchev–Trinajstić information content (AvgIpc) is 2.83. The number of rotatable bonds is 13. The van der Waals surface area contributed by atoms with E-state index in [1.165, 1.54) is 42.5 Å². The van der Waals surface area contributed by atoms with Gasteiger partial charge in [-0.1, -0.05) is 18.2 Å². The van der Waals surface area contributed by atoms with Gasteiger partial charge in [-0.2, -0.15) is 0 Å². The number of amides is 1. The lowest BCUT2D eigenvalue weighted by atomic mass is 10.1. The van der Waals surface area contributed by atoms with E-state index in [1.54, 1.807) is 12.0 Å². The molecule has 8 nitrogen and oxygen atoms in total. The number of ketones is 1. The Hall–Kier alpha value is -2.91. The molecule has 0 aliphatic carbocycles. The van der Waals surface area contributed by atoms with E-state index in [-0.39, 0.29) is 29.6 Å². The third-order valence-electron chi connectivity index (χ3n) is 5.47. The fourth-order valence-electron chi connectivity index (χ4n) is 3.45. The minimum atomic E-state index is -3.70. The van der Waals surface area contributed by atoms with Crippen molar-refractivity contribution in [3.8, 4) is 11.5 Å². The number of methoxy groups -OCH3 is 1. The van der Waals surface area contributed by atoms with Crippen molar-refractivity contribution in [3.05, 3.63) is 53.6 Å². The van der Waals surface area contributed by atoms with Gasteiger partial charge < -0.3 is 14.4 Å². The van der Waals surface area contributed by atoms with Crippen LogP contribution in [0.5, 0.6) is 11.5 Å². The van der Waals surface area contributed by atoms with Crippen molar-refractivity contribution in [1.29, 1.82) is 0 Å². The summed E-state index contributed by atoms with van der Waals surface area (Å²) in [6, 6.07) is 11.5. The standard InChI is InChI=1S/C25H34N2O6S/c1-6-27(18-20-10-15-23(33-7-2)24(17-20)32-5)25(29)9-8-16-26(4)34(30,31)22-13-11-21(12-14-22)19(3)28/h10-15,17H,6-9,16,18H2,1-5H3. The molecule has 2 rings (SSSR count). The summed E-state index contributed by atoms with van der Waals surface area (Å²) in [4.78, 5) is 26.0. The predicted molar refractivity (Wildman–Crippen MR) is 131 cm³/mol. The second-order valence-electron chi connectivity index (χ2n) is 7.84. The highest BCUT2D eigenvalue weighted by molar-refractivity contribution is 7.89. The predicted octanol–water partition coefficient (Wildman–Crippen LogP) is 3.75. The Balaban J connectivity index is 1.95. The Morgan fingerprint density at radius 1 is 1.00 bits per heavy atom. The van der Waals surface area contributed by atoms with Gasteiger partial charge in [-0.25, -0.2) is 12.7 Å². The van der Waals surface area contributed by atoms with E-state index in [0.717, 1.165) is 5.56 Å². The number of sulfonamides is 1. The summed E-state index contributed by atoms with van der Waals surface area (Å²) < 4.78 is 37.7. The summed E-state index contributed by atoms with van der Waals surface area (Å²) in [5.74, 6) is 1.10. The molecule has 0 aliphatic rings. The van der Waals surface area contributed by atoms with E-state index in [1.807, 2.05) is 32.0 Å². The van der Waals surface area contributed by atoms with Crippen LogP contribution in [0.4, 0.5) is 0 Å². The van der Waals surface area contributed by atoms with Crippen LogP contribution in [0.2, 0.25) is 0 Å². The number of Topliss-reactive ketones (excluding diaryl/α,β-unsaturated/α-hetero) is 1. The van der Waals surface area contributed by atoms with Crippen LogP contribution >= 0.6 is 0 Å². The molecule has 0 N–H and O–H groups in total. The number of hydrogen-bond acceptors (Lipinski definition) is 6. The SMILES string of the molecule is CCOc1ccc(CN(CC)C(=O)CCCN(C)S(=O)(=O)c2ccc(C(C)=O)cc2)cc1OC. The molecule has 0 fully saturated rings. The van der Waals surface area contributed by atoms with E-state index in [0.29, 0.717) is 43.2 Å². The topological polar surface area (TPSA) is 93.2 Å². The zero-order valence-electron chi connectivity index (χ0n) is 20.5. The molecule has 2 aromatic carbocycles. The van der Waals surface area contributed by atoms with Crippen molar-refractivity contribution in [2.45, 2.75) is 45.1 Å². The molecule has 1 amide bonds. The van der Waals surface area contributed by atoms with Gasteiger partial charge in [0.2, 0.25) is 15.9 Å². The maximum absolute atomic E-state index is 12.8. The Morgan fingerprint density at radius 3 is 2.24 bits per heavy atom. The monoisotopic (exact) mass is 490 g/mol. The van der Waals surface area contributed by atoms with E-state index in [4.69, 9.17) is 9.47 Å². The molecule has 9 heteroatoms. The number of ether oxygens (including phenoxy) is 2. The largest absolute Gasteiger partial charge is 0.493 e. The molecular weight excluding hydrogens is 456 g/mol. The first-order valence-corrected chi connectivity index (χ1v) is 12.7. The van der Waals surface area contributed by atoms with Gasteiger partial charge in [0.1, 0.15) is 0 Å². The summed E-state index contributed by atoms with van der Waals surface area (Å²) in [5, 5.41) is 0. The summed E-state index contributed by atoms with van der Waals surface area (Å²) >= 11 is 0. The van der Waals surface area contributed by atoms with Gasteiger partial charge in [0, 0.05) is 38.7 Å². The van der Waals surface area contributed by atoms with Crippen molar-refractivity contribution in [2.24, 2.45) is 0 Å². The molecule has 0 aromatic heterocycles. The average molecular weight is 491 g/mol. The number of carbonyl (C=O) groups is 2. The second kappa shape index (κ2) is 12.5. The maximum Gasteiger partial charge on any atom is 0.242 e. The summed E-state index contributed by atoms with van der Waals surface area (Å²) in [7, 11) is -0.634. The van der Waals surface area contributed by atoms with Crippen molar-refractivity contribution >= 4 is 21.7 Å². The van der Waals surface area contributed by atoms with Gasteiger partial charge in [0.15, 0.2) is 17.3 Å². The third-order valence-corrected chi connectivity index (χ3v) is 7.34. The van der Waals surface area contributed by atoms with Gasteiger partial charge in [-0.15, -0.1) is 0 Å². The maximum atomic E-state index is 12.8.